The first-order chi connectivity index (χ1) is 7.15. The monoisotopic (exact) mass is 224 g/mol. The summed E-state index contributed by atoms with van der Waals surface area (Å²) in [6.45, 7) is 0. The molecule has 5 nitrogen and oxygen atoms in total. The summed E-state index contributed by atoms with van der Waals surface area (Å²) in [6.07, 6.45) is 1.51. The van der Waals surface area contributed by atoms with Gasteiger partial charge in [-0.05, 0) is 12.1 Å². The van der Waals surface area contributed by atoms with Crippen molar-refractivity contribution in [2.24, 2.45) is 5.10 Å². The number of hydrazone groups is 1. The molecule has 6 heteroatoms. The highest BCUT2D eigenvalue weighted by Crippen LogP contribution is 2.50. The van der Waals surface area contributed by atoms with Gasteiger partial charge < -0.3 is 5.43 Å². The minimum absolute atomic E-state index is 0.763. The normalized spacial score (nSPS) is 26.4. The Morgan fingerprint density at radius 2 is 1.93 bits per heavy atom. The fraction of sp³-hybridized carbons (Fsp3) is 0.222. The van der Waals surface area contributed by atoms with Crippen LogP contribution in [0.4, 0.5) is 0 Å². The van der Waals surface area contributed by atoms with E-state index in [0.29, 0.717) is 0 Å². The summed E-state index contributed by atoms with van der Waals surface area (Å²) < 4.78 is 15.9. The smallest absolute Gasteiger partial charge is 0.300 e. The molecular formula is C9H13N4OP. The maximum Gasteiger partial charge on any atom is 0.300 e. The van der Waals surface area contributed by atoms with E-state index in [-0.39, 0.29) is 0 Å². The summed E-state index contributed by atoms with van der Waals surface area (Å²) in [5.74, 6) is 0. The lowest BCUT2D eigenvalue weighted by Crippen LogP contribution is -2.42. The lowest BCUT2D eigenvalue weighted by Gasteiger charge is -2.36. The first-order valence-corrected chi connectivity index (χ1v) is 6.19. The molecule has 80 valence electrons. The lowest BCUT2D eigenvalue weighted by molar-refractivity contribution is 0.365. The number of rotatable bonds is 1. The Hall–Kier alpha value is -1.32. The SMILES string of the molecule is CN1N=CNN(C)P1(=O)c1ccccc1. The standard InChI is InChI=1S/C9H13N4OP/c1-12-10-8-11-13(2)15(12,14)9-6-4-3-5-7-9/h3-8H,1-2H3,(H,10,11). The Balaban J connectivity index is 2.50. The molecule has 1 aliphatic heterocycles. The summed E-state index contributed by atoms with van der Waals surface area (Å²) in [6, 6.07) is 9.33. The van der Waals surface area contributed by atoms with E-state index in [1.807, 2.05) is 30.3 Å². The predicted octanol–water partition coefficient (Wildman–Crippen LogP) is 0.830. The molecule has 0 bridgehead atoms. The van der Waals surface area contributed by atoms with E-state index < -0.39 is 7.44 Å². The van der Waals surface area contributed by atoms with Gasteiger partial charge in [-0.15, -0.1) is 0 Å². The van der Waals surface area contributed by atoms with Gasteiger partial charge in [0, 0.05) is 19.4 Å². The molecule has 0 saturated carbocycles. The number of hydrogen-bond donors (Lipinski definition) is 1. The summed E-state index contributed by atoms with van der Waals surface area (Å²) in [4.78, 5) is 0. The van der Waals surface area contributed by atoms with Crippen LogP contribution in [0.15, 0.2) is 35.4 Å². The molecular weight excluding hydrogens is 211 g/mol. The molecule has 1 aliphatic rings. The fourth-order valence-electron chi connectivity index (χ4n) is 1.50. The van der Waals surface area contributed by atoms with Gasteiger partial charge in [-0.1, -0.05) is 18.2 Å². The summed E-state index contributed by atoms with van der Waals surface area (Å²) in [5.41, 5.74) is 2.84. The van der Waals surface area contributed by atoms with Crippen LogP contribution in [0.25, 0.3) is 0 Å². The number of nitrogens with one attached hydrogen (secondary N) is 1. The van der Waals surface area contributed by atoms with Gasteiger partial charge in [0.2, 0.25) is 0 Å². The van der Waals surface area contributed by atoms with Crippen LogP contribution >= 0.6 is 7.44 Å². The van der Waals surface area contributed by atoms with Crippen molar-refractivity contribution in [1.29, 1.82) is 0 Å². The van der Waals surface area contributed by atoms with Crippen LogP contribution in [0.5, 0.6) is 0 Å². The van der Waals surface area contributed by atoms with Gasteiger partial charge in [0.1, 0.15) is 6.34 Å². The third-order valence-electron chi connectivity index (χ3n) is 2.36. The van der Waals surface area contributed by atoms with Crippen LogP contribution in [0.2, 0.25) is 0 Å². The van der Waals surface area contributed by atoms with Crippen LogP contribution in [0.1, 0.15) is 0 Å². The van der Waals surface area contributed by atoms with Crippen molar-refractivity contribution >= 4 is 19.1 Å². The third-order valence-corrected chi connectivity index (χ3v) is 5.15. The van der Waals surface area contributed by atoms with E-state index in [2.05, 4.69) is 10.5 Å². The van der Waals surface area contributed by atoms with E-state index in [0.717, 1.165) is 5.30 Å². The molecule has 0 saturated heterocycles. The van der Waals surface area contributed by atoms with E-state index >= 15 is 0 Å². The van der Waals surface area contributed by atoms with Crippen molar-refractivity contribution in [3.8, 4) is 0 Å². The largest absolute Gasteiger partial charge is 0.300 e. The Morgan fingerprint density at radius 3 is 2.53 bits per heavy atom. The van der Waals surface area contributed by atoms with E-state index in [1.54, 1.807) is 18.9 Å². The molecule has 1 N–H and O–H groups in total. The maximum absolute atomic E-state index is 12.8. The Kier molecular flexibility index (Phi) is 2.50. The second-order valence-electron chi connectivity index (χ2n) is 3.27. The van der Waals surface area contributed by atoms with Gasteiger partial charge in [0.15, 0.2) is 0 Å². The van der Waals surface area contributed by atoms with Crippen molar-refractivity contribution in [3.05, 3.63) is 30.3 Å². The highest BCUT2D eigenvalue weighted by atomic mass is 31.2. The molecule has 15 heavy (non-hydrogen) atoms. The van der Waals surface area contributed by atoms with Crippen molar-refractivity contribution in [3.63, 3.8) is 0 Å². The number of hydrogen-bond acceptors (Lipinski definition) is 3. The third kappa shape index (κ3) is 1.54. The molecule has 1 aromatic rings. The second kappa shape index (κ2) is 3.68. The molecule has 0 fully saturated rings. The van der Waals surface area contributed by atoms with Gasteiger partial charge >= 0.3 is 7.44 Å². The average Bonchev–Trinajstić information content (AvgIpc) is 2.27. The summed E-state index contributed by atoms with van der Waals surface area (Å²) >= 11 is 0. The Labute approximate surface area is 88.8 Å². The number of hydrazine groups is 1. The second-order valence-corrected chi connectivity index (χ2v) is 6.05. The van der Waals surface area contributed by atoms with E-state index in [9.17, 15) is 4.57 Å². The number of benzene rings is 1. The highest BCUT2D eigenvalue weighted by Gasteiger charge is 2.36. The molecule has 1 atom stereocenters. The molecule has 0 aromatic heterocycles. The van der Waals surface area contributed by atoms with Gasteiger partial charge in [-0.3, -0.25) is 4.57 Å². The Bertz CT molecular complexity index is 419. The van der Waals surface area contributed by atoms with Crippen LogP contribution in [-0.4, -0.2) is 30.0 Å². The van der Waals surface area contributed by atoms with Crippen LogP contribution in [-0.2, 0) is 4.57 Å². The van der Waals surface area contributed by atoms with Crippen molar-refractivity contribution in [2.45, 2.75) is 0 Å². The maximum atomic E-state index is 12.8. The van der Waals surface area contributed by atoms with Gasteiger partial charge in [0.05, 0.1) is 0 Å². The minimum atomic E-state index is -2.79. The molecule has 1 heterocycles. The quantitative estimate of drug-likeness (QED) is 0.718. The van der Waals surface area contributed by atoms with Gasteiger partial charge in [0.25, 0.3) is 0 Å². The molecule has 2 rings (SSSR count). The Morgan fingerprint density at radius 1 is 1.27 bits per heavy atom. The van der Waals surface area contributed by atoms with Crippen LogP contribution in [0.3, 0.4) is 0 Å². The van der Waals surface area contributed by atoms with Crippen molar-refractivity contribution < 1.29 is 4.57 Å². The van der Waals surface area contributed by atoms with E-state index in [1.165, 1.54) is 11.1 Å². The van der Waals surface area contributed by atoms with Gasteiger partial charge in [-0.25, -0.2) is 4.78 Å². The molecule has 0 aliphatic carbocycles. The number of nitrogens with zero attached hydrogens (tertiary/aromatic N) is 3. The first-order valence-electron chi connectivity index (χ1n) is 4.58. The van der Waals surface area contributed by atoms with Crippen LogP contribution in [0, 0.1) is 0 Å². The average molecular weight is 224 g/mol. The molecule has 1 aromatic carbocycles. The molecule has 1 unspecified atom stereocenters. The minimum Gasteiger partial charge on any atom is -0.300 e. The first kappa shape index (κ1) is 10.2. The van der Waals surface area contributed by atoms with Crippen LogP contribution < -0.4 is 10.7 Å². The lowest BCUT2D eigenvalue weighted by atomic mass is 10.4. The topological polar surface area (TPSA) is 47.9 Å². The zero-order valence-corrected chi connectivity index (χ0v) is 9.56. The van der Waals surface area contributed by atoms with Gasteiger partial charge in [-0.2, -0.15) is 9.88 Å². The van der Waals surface area contributed by atoms with Crippen molar-refractivity contribution in [2.75, 3.05) is 14.1 Å². The summed E-state index contributed by atoms with van der Waals surface area (Å²) in [5, 5.41) is 4.77. The van der Waals surface area contributed by atoms with E-state index in [4.69, 9.17) is 0 Å². The molecule has 0 spiro atoms. The summed E-state index contributed by atoms with van der Waals surface area (Å²) in [7, 11) is 0.665. The highest BCUT2D eigenvalue weighted by molar-refractivity contribution is 7.67. The predicted molar refractivity (Wildman–Crippen MR) is 60.8 cm³/mol. The molecule has 0 amide bonds. The molecule has 0 radical (unpaired) electrons. The zero-order chi connectivity index (χ0) is 10.9. The van der Waals surface area contributed by atoms with Crippen molar-refractivity contribution in [1.82, 2.24) is 15.0 Å². The fourth-order valence-corrected chi connectivity index (χ4v) is 3.53. The zero-order valence-electron chi connectivity index (χ0n) is 8.66.